The van der Waals surface area contributed by atoms with Crippen molar-refractivity contribution >= 4 is 17.2 Å². The van der Waals surface area contributed by atoms with Gasteiger partial charge in [0.2, 0.25) is 0 Å². The number of nitrogens with zero attached hydrogens (tertiary/aromatic N) is 1. The van der Waals surface area contributed by atoms with E-state index in [1.54, 1.807) is 11.0 Å². The molecule has 2 heterocycles. The quantitative estimate of drug-likeness (QED) is 0.736. The van der Waals surface area contributed by atoms with Crippen LogP contribution in [0.1, 0.15) is 32.7 Å². The molecule has 1 atom stereocenters. The van der Waals surface area contributed by atoms with Crippen molar-refractivity contribution in [2.45, 2.75) is 19.6 Å². The molecule has 3 aromatic rings. The molecule has 0 saturated heterocycles. The van der Waals surface area contributed by atoms with E-state index in [0.717, 1.165) is 16.0 Å². The molecule has 4 nitrogen and oxygen atoms in total. The fourth-order valence-corrected chi connectivity index (χ4v) is 3.24. The number of carbonyl (C=O) groups excluding carboxylic acids is 1. The number of benzene rings is 1. The molecular formula is C19H19NO3S. The van der Waals surface area contributed by atoms with E-state index in [2.05, 4.69) is 0 Å². The van der Waals surface area contributed by atoms with Gasteiger partial charge in [-0.05, 0) is 30.0 Å². The largest absolute Gasteiger partial charge is 0.459 e. The van der Waals surface area contributed by atoms with E-state index in [1.807, 2.05) is 54.8 Å². The third-order valence-corrected chi connectivity index (χ3v) is 4.80. The Morgan fingerprint density at radius 2 is 2.00 bits per heavy atom. The zero-order valence-electron chi connectivity index (χ0n) is 13.4. The molecule has 124 valence electrons. The topological polar surface area (TPSA) is 53.7 Å². The second-order valence-electron chi connectivity index (χ2n) is 5.64. The predicted octanol–water partition coefficient (Wildman–Crippen LogP) is 4.03. The van der Waals surface area contributed by atoms with Gasteiger partial charge in [-0.15, -0.1) is 11.3 Å². The van der Waals surface area contributed by atoms with Crippen LogP contribution in [0, 0.1) is 6.92 Å². The van der Waals surface area contributed by atoms with Gasteiger partial charge in [0.25, 0.3) is 5.91 Å². The number of aryl methyl sites for hydroxylation is 1. The van der Waals surface area contributed by atoms with E-state index >= 15 is 0 Å². The van der Waals surface area contributed by atoms with Crippen LogP contribution in [0.4, 0.5) is 0 Å². The molecule has 1 unspecified atom stereocenters. The molecule has 1 amide bonds. The molecule has 0 aliphatic carbocycles. The highest BCUT2D eigenvalue weighted by atomic mass is 32.1. The molecule has 0 fully saturated rings. The summed E-state index contributed by atoms with van der Waals surface area (Å²) in [7, 11) is 0. The molecule has 1 N–H and O–H groups in total. The Morgan fingerprint density at radius 1 is 1.21 bits per heavy atom. The standard InChI is InChI=1S/C19H19NO3S/c1-14-9-10-23-18(14)19(22)20(12-15-6-3-2-4-7-15)13-16(21)17-8-5-11-24-17/h2-11,16,21H,12-13H2,1H3. The molecule has 0 radical (unpaired) electrons. The van der Waals surface area contributed by atoms with Crippen molar-refractivity contribution in [2.24, 2.45) is 0 Å². The minimum Gasteiger partial charge on any atom is -0.459 e. The Labute approximate surface area is 145 Å². The van der Waals surface area contributed by atoms with Gasteiger partial charge in [-0.1, -0.05) is 36.4 Å². The Kier molecular flexibility index (Phi) is 5.13. The van der Waals surface area contributed by atoms with Crippen molar-refractivity contribution in [3.63, 3.8) is 0 Å². The number of rotatable bonds is 6. The van der Waals surface area contributed by atoms with Crippen LogP contribution >= 0.6 is 11.3 Å². The first kappa shape index (κ1) is 16.5. The van der Waals surface area contributed by atoms with Crippen molar-refractivity contribution in [1.82, 2.24) is 4.90 Å². The summed E-state index contributed by atoms with van der Waals surface area (Å²) in [6.07, 6.45) is 0.798. The molecule has 0 spiro atoms. The lowest BCUT2D eigenvalue weighted by molar-refractivity contribution is 0.0578. The zero-order valence-corrected chi connectivity index (χ0v) is 14.2. The van der Waals surface area contributed by atoms with Crippen LogP contribution in [0.2, 0.25) is 0 Å². The molecule has 0 saturated carbocycles. The second-order valence-corrected chi connectivity index (χ2v) is 6.61. The van der Waals surface area contributed by atoms with E-state index in [9.17, 15) is 9.90 Å². The molecule has 2 aromatic heterocycles. The monoisotopic (exact) mass is 341 g/mol. The first-order valence-corrected chi connectivity index (χ1v) is 8.62. The summed E-state index contributed by atoms with van der Waals surface area (Å²) in [5.74, 6) is 0.112. The van der Waals surface area contributed by atoms with E-state index < -0.39 is 6.10 Å². The molecule has 24 heavy (non-hydrogen) atoms. The van der Waals surface area contributed by atoms with Crippen LogP contribution in [-0.4, -0.2) is 22.5 Å². The van der Waals surface area contributed by atoms with E-state index in [4.69, 9.17) is 4.42 Å². The van der Waals surface area contributed by atoms with Crippen molar-refractivity contribution in [3.05, 3.63) is 81.9 Å². The number of thiophene rings is 1. The molecule has 0 bridgehead atoms. The first-order chi connectivity index (χ1) is 11.6. The first-order valence-electron chi connectivity index (χ1n) is 7.74. The third-order valence-electron chi connectivity index (χ3n) is 3.82. The Bertz CT molecular complexity index is 780. The van der Waals surface area contributed by atoms with Gasteiger partial charge in [-0.3, -0.25) is 4.79 Å². The van der Waals surface area contributed by atoms with Crippen LogP contribution < -0.4 is 0 Å². The van der Waals surface area contributed by atoms with E-state index in [1.165, 1.54) is 17.6 Å². The van der Waals surface area contributed by atoms with Crippen LogP contribution in [0.15, 0.2) is 64.6 Å². The third kappa shape index (κ3) is 3.75. The lowest BCUT2D eigenvalue weighted by Crippen LogP contribution is -2.34. The van der Waals surface area contributed by atoms with Crippen LogP contribution in [0.5, 0.6) is 0 Å². The van der Waals surface area contributed by atoms with Crippen molar-refractivity contribution in [1.29, 1.82) is 0 Å². The number of amides is 1. The molecule has 0 aliphatic heterocycles. The summed E-state index contributed by atoms with van der Waals surface area (Å²) in [5, 5.41) is 12.4. The van der Waals surface area contributed by atoms with E-state index in [0.29, 0.717) is 12.3 Å². The highest BCUT2D eigenvalue weighted by molar-refractivity contribution is 7.10. The van der Waals surface area contributed by atoms with Gasteiger partial charge in [0.05, 0.1) is 12.8 Å². The fraction of sp³-hybridized carbons (Fsp3) is 0.211. The van der Waals surface area contributed by atoms with Gasteiger partial charge in [0.15, 0.2) is 5.76 Å². The average Bonchev–Trinajstić information content (AvgIpc) is 3.26. The van der Waals surface area contributed by atoms with Crippen LogP contribution in [0.25, 0.3) is 0 Å². The van der Waals surface area contributed by atoms with Gasteiger partial charge in [0.1, 0.15) is 6.10 Å². The SMILES string of the molecule is Cc1ccoc1C(=O)N(Cc1ccccc1)CC(O)c1cccs1. The van der Waals surface area contributed by atoms with Crippen LogP contribution in [-0.2, 0) is 6.54 Å². The Hall–Kier alpha value is -2.37. The summed E-state index contributed by atoms with van der Waals surface area (Å²) in [6.45, 7) is 2.48. The number of aliphatic hydroxyl groups is 1. The summed E-state index contributed by atoms with van der Waals surface area (Å²) >= 11 is 1.48. The summed E-state index contributed by atoms with van der Waals surface area (Å²) in [5.41, 5.74) is 1.80. The predicted molar refractivity (Wildman–Crippen MR) is 93.9 cm³/mol. The Morgan fingerprint density at radius 3 is 2.62 bits per heavy atom. The molecular weight excluding hydrogens is 322 g/mol. The molecule has 0 aliphatic rings. The maximum absolute atomic E-state index is 12.9. The number of furan rings is 1. The van der Waals surface area contributed by atoms with Crippen molar-refractivity contribution in [3.8, 4) is 0 Å². The van der Waals surface area contributed by atoms with Gasteiger partial charge < -0.3 is 14.4 Å². The highest BCUT2D eigenvalue weighted by Crippen LogP contribution is 2.22. The lowest BCUT2D eigenvalue weighted by atomic mass is 10.1. The van der Waals surface area contributed by atoms with Crippen LogP contribution in [0.3, 0.4) is 0 Å². The molecule has 1 aromatic carbocycles. The van der Waals surface area contributed by atoms with E-state index in [-0.39, 0.29) is 12.5 Å². The minimum atomic E-state index is -0.715. The van der Waals surface area contributed by atoms with Gasteiger partial charge >= 0.3 is 0 Å². The summed E-state index contributed by atoms with van der Waals surface area (Å²) in [4.78, 5) is 15.3. The molecule has 5 heteroatoms. The molecule has 3 rings (SSSR count). The highest BCUT2D eigenvalue weighted by Gasteiger charge is 2.24. The lowest BCUT2D eigenvalue weighted by Gasteiger charge is -2.24. The summed E-state index contributed by atoms with van der Waals surface area (Å²) < 4.78 is 5.35. The smallest absolute Gasteiger partial charge is 0.290 e. The number of hydrogen-bond donors (Lipinski definition) is 1. The van der Waals surface area contributed by atoms with Gasteiger partial charge in [-0.2, -0.15) is 0 Å². The van der Waals surface area contributed by atoms with Crippen molar-refractivity contribution in [2.75, 3.05) is 6.54 Å². The fourth-order valence-electron chi connectivity index (χ4n) is 2.54. The normalized spacial score (nSPS) is 12.1. The zero-order chi connectivity index (χ0) is 16.9. The number of hydrogen-bond acceptors (Lipinski definition) is 4. The minimum absolute atomic E-state index is 0.211. The maximum atomic E-state index is 12.9. The average molecular weight is 341 g/mol. The number of aliphatic hydroxyl groups excluding tert-OH is 1. The van der Waals surface area contributed by atoms with Gasteiger partial charge in [-0.25, -0.2) is 0 Å². The summed E-state index contributed by atoms with van der Waals surface area (Å²) in [6, 6.07) is 15.3. The maximum Gasteiger partial charge on any atom is 0.290 e. The second kappa shape index (κ2) is 7.47. The van der Waals surface area contributed by atoms with Crippen molar-refractivity contribution < 1.29 is 14.3 Å². The number of carbonyl (C=O) groups is 1. The van der Waals surface area contributed by atoms with Gasteiger partial charge in [0, 0.05) is 17.0 Å². The Balaban J connectivity index is 1.83.